The van der Waals surface area contributed by atoms with Gasteiger partial charge in [0.2, 0.25) is 5.91 Å². The molecule has 0 spiro atoms. The Hall–Kier alpha value is -0.610. The molecule has 4 nitrogen and oxygen atoms in total. The van der Waals surface area contributed by atoms with Gasteiger partial charge in [0.05, 0.1) is 6.04 Å². The molecule has 0 unspecified atom stereocenters. The summed E-state index contributed by atoms with van der Waals surface area (Å²) in [7, 11) is 2.23. The second kappa shape index (κ2) is 7.85. The van der Waals surface area contributed by atoms with Crippen molar-refractivity contribution < 1.29 is 4.79 Å². The number of hydrogen-bond acceptors (Lipinski definition) is 3. The van der Waals surface area contributed by atoms with Crippen molar-refractivity contribution in [2.45, 2.75) is 63.5 Å². The highest BCUT2D eigenvalue weighted by Crippen LogP contribution is 2.21. The SMILES string of the molecule is CN(CCCNC(=O)[C@H]1CCCN1)C1CCCCC1. The highest BCUT2D eigenvalue weighted by molar-refractivity contribution is 5.81. The van der Waals surface area contributed by atoms with Gasteiger partial charge < -0.3 is 15.5 Å². The molecule has 110 valence electrons. The van der Waals surface area contributed by atoms with Gasteiger partial charge in [-0.05, 0) is 52.2 Å². The average Bonchev–Trinajstić information content (AvgIpc) is 2.98. The molecule has 2 aliphatic rings. The van der Waals surface area contributed by atoms with Gasteiger partial charge in [-0.25, -0.2) is 0 Å². The zero-order valence-electron chi connectivity index (χ0n) is 12.3. The van der Waals surface area contributed by atoms with Crippen molar-refractivity contribution in [2.24, 2.45) is 0 Å². The maximum Gasteiger partial charge on any atom is 0.237 e. The Morgan fingerprint density at radius 2 is 2.00 bits per heavy atom. The fraction of sp³-hybridized carbons (Fsp3) is 0.933. The first-order valence-electron chi connectivity index (χ1n) is 7.98. The molecule has 0 radical (unpaired) electrons. The first kappa shape index (κ1) is 14.8. The van der Waals surface area contributed by atoms with E-state index in [4.69, 9.17) is 0 Å². The molecule has 19 heavy (non-hydrogen) atoms. The summed E-state index contributed by atoms with van der Waals surface area (Å²) in [4.78, 5) is 14.3. The summed E-state index contributed by atoms with van der Waals surface area (Å²) in [5.74, 6) is 0.192. The smallest absolute Gasteiger partial charge is 0.237 e. The van der Waals surface area contributed by atoms with Crippen LogP contribution in [0.25, 0.3) is 0 Å². The van der Waals surface area contributed by atoms with E-state index in [2.05, 4.69) is 22.6 Å². The number of amides is 1. The Bertz CT molecular complexity index is 271. The normalized spacial score (nSPS) is 24.8. The van der Waals surface area contributed by atoms with E-state index < -0.39 is 0 Å². The Balaban J connectivity index is 1.54. The summed E-state index contributed by atoms with van der Waals surface area (Å²) >= 11 is 0. The van der Waals surface area contributed by atoms with E-state index in [0.29, 0.717) is 0 Å². The first-order chi connectivity index (χ1) is 9.27. The summed E-state index contributed by atoms with van der Waals surface area (Å²) in [5, 5.41) is 6.29. The van der Waals surface area contributed by atoms with Gasteiger partial charge in [0.25, 0.3) is 0 Å². The van der Waals surface area contributed by atoms with E-state index in [1.54, 1.807) is 0 Å². The number of carbonyl (C=O) groups is 1. The predicted octanol–water partition coefficient (Wildman–Crippen LogP) is 1.51. The molecule has 0 bridgehead atoms. The lowest BCUT2D eigenvalue weighted by molar-refractivity contribution is -0.122. The summed E-state index contributed by atoms with van der Waals surface area (Å²) in [5.41, 5.74) is 0. The first-order valence-corrected chi connectivity index (χ1v) is 7.98. The van der Waals surface area contributed by atoms with Crippen LogP contribution in [0.15, 0.2) is 0 Å². The van der Waals surface area contributed by atoms with E-state index in [9.17, 15) is 4.79 Å². The Morgan fingerprint density at radius 1 is 1.21 bits per heavy atom. The standard InChI is InChI=1S/C15H29N3O/c1-18(13-7-3-2-4-8-13)12-6-11-17-15(19)14-9-5-10-16-14/h13-14,16H,2-12H2,1H3,(H,17,19)/t14-/m1/s1. The molecule has 1 aliphatic heterocycles. The zero-order chi connectivity index (χ0) is 13.5. The largest absolute Gasteiger partial charge is 0.355 e. The van der Waals surface area contributed by atoms with Crippen LogP contribution in [0.5, 0.6) is 0 Å². The Morgan fingerprint density at radius 3 is 2.68 bits per heavy atom. The summed E-state index contributed by atoms with van der Waals surface area (Å²) < 4.78 is 0. The van der Waals surface area contributed by atoms with Crippen molar-refractivity contribution in [3.8, 4) is 0 Å². The van der Waals surface area contributed by atoms with Crippen molar-refractivity contribution >= 4 is 5.91 Å². The van der Waals surface area contributed by atoms with Gasteiger partial charge in [-0.2, -0.15) is 0 Å². The lowest BCUT2D eigenvalue weighted by Gasteiger charge is -2.31. The molecule has 0 aromatic heterocycles. The van der Waals surface area contributed by atoms with Crippen LogP contribution in [0.4, 0.5) is 0 Å². The molecule has 2 rings (SSSR count). The van der Waals surface area contributed by atoms with Gasteiger partial charge in [-0.3, -0.25) is 4.79 Å². The highest BCUT2D eigenvalue weighted by Gasteiger charge is 2.21. The molecule has 2 N–H and O–H groups in total. The lowest BCUT2D eigenvalue weighted by Crippen LogP contribution is -2.41. The fourth-order valence-electron chi connectivity index (χ4n) is 3.28. The molecular weight excluding hydrogens is 238 g/mol. The molecule has 1 aliphatic carbocycles. The van der Waals surface area contributed by atoms with Gasteiger partial charge in [0.15, 0.2) is 0 Å². The topological polar surface area (TPSA) is 44.4 Å². The van der Waals surface area contributed by atoms with Gasteiger partial charge >= 0.3 is 0 Å². The van der Waals surface area contributed by atoms with Crippen LogP contribution < -0.4 is 10.6 Å². The van der Waals surface area contributed by atoms with Crippen LogP contribution in [0.1, 0.15) is 51.4 Å². The number of nitrogens with one attached hydrogen (secondary N) is 2. The van der Waals surface area contributed by atoms with Crippen LogP contribution in [-0.4, -0.2) is 49.6 Å². The molecule has 0 aromatic carbocycles. The van der Waals surface area contributed by atoms with Crippen molar-refractivity contribution in [3.05, 3.63) is 0 Å². The molecule has 0 aromatic rings. The minimum absolute atomic E-state index is 0.0658. The second-order valence-corrected chi connectivity index (χ2v) is 6.07. The van der Waals surface area contributed by atoms with Gasteiger partial charge in [0.1, 0.15) is 0 Å². The molecular formula is C15H29N3O. The highest BCUT2D eigenvalue weighted by atomic mass is 16.2. The zero-order valence-corrected chi connectivity index (χ0v) is 12.3. The lowest BCUT2D eigenvalue weighted by atomic mass is 9.94. The molecule has 1 saturated carbocycles. The maximum atomic E-state index is 11.8. The van der Waals surface area contributed by atoms with Crippen molar-refractivity contribution in [3.63, 3.8) is 0 Å². The maximum absolute atomic E-state index is 11.8. The third kappa shape index (κ3) is 4.77. The Labute approximate surface area is 117 Å². The monoisotopic (exact) mass is 267 g/mol. The number of hydrogen-bond donors (Lipinski definition) is 2. The van der Waals surface area contributed by atoms with Crippen molar-refractivity contribution in [1.29, 1.82) is 0 Å². The predicted molar refractivity (Wildman–Crippen MR) is 78.2 cm³/mol. The van der Waals surface area contributed by atoms with Crippen LogP contribution >= 0.6 is 0 Å². The average molecular weight is 267 g/mol. The van der Waals surface area contributed by atoms with Crippen LogP contribution in [-0.2, 0) is 4.79 Å². The van der Waals surface area contributed by atoms with Crippen molar-refractivity contribution in [2.75, 3.05) is 26.7 Å². The van der Waals surface area contributed by atoms with E-state index >= 15 is 0 Å². The molecule has 1 saturated heterocycles. The summed E-state index contributed by atoms with van der Waals surface area (Å²) in [6, 6.07) is 0.844. The minimum atomic E-state index is 0.0658. The third-order valence-corrected chi connectivity index (χ3v) is 4.56. The number of rotatable bonds is 6. The molecule has 2 fully saturated rings. The Kier molecular flexibility index (Phi) is 6.11. The van der Waals surface area contributed by atoms with Crippen LogP contribution in [0, 0.1) is 0 Å². The van der Waals surface area contributed by atoms with E-state index in [1.165, 1.54) is 32.1 Å². The van der Waals surface area contributed by atoms with E-state index in [-0.39, 0.29) is 11.9 Å². The van der Waals surface area contributed by atoms with Crippen molar-refractivity contribution in [1.82, 2.24) is 15.5 Å². The fourth-order valence-corrected chi connectivity index (χ4v) is 3.28. The third-order valence-electron chi connectivity index (χ3n) is 4.56. The molecule has 4 heteroatoms. The van der Waals surface area contributed by atoms with Gasteiger partial charge in [-0.15, -0.1) is 0 Å². The van der Waals surface area contributed by atoms with Crippen LogP contribution in [0.3, 0.4) is 0 Å². The van der Waals surface area contributed by atoms with Crippen LogP contribution in [0.2, 0.25) is 0 Å². The van der Waals surface area contributed by atoms with E-state index in [0.717, 1.165) is 44.9 Å². The molecule has 1 heterocycles. The minimum Gasteiger partial charge on any atom is -0.355 e. The van der Waals surface area contributed by atoms with Gasteiger partial charge in [0, 0.05) is 12.6 Å². The number of carbonyl (C=O) groups excluding carboxylic acids is 1. The molecule has 1 amide bonds. The van der Waals surface area contributed by atoms with E-state index in [1.807, 2.05) is 0 Å². The quantitative estimate of drug-likeness (QED) is 0.717. The summed E-state index contributed by atoms with van der Waals surface area (Å²) in [6.45, 7) is 2.90. The molecule has 1 atom stereocenters. The second-order valence-electron chi connectivity index (χ2n) is 6.07. The summed E-state index contributed by atoms with van der Waals surface area (Å²) in [6.07, 6.45) is 10.1. The van der Waals surface area contributed by atoms with Gasteiger partial charge in [-0.1, -0.05) is 19.3 Å². The number of nitrogens with zero attached hydrogens (tertiary/aromatic N) is 1.